The van der Waals surface area contributed by atoms with Gasteiger partial charge in [0.1, 0.15) is 0 Å². The number of unbranched alkanes of at least 4 members (excludes halogenated alkanes) is 7. The van der Waals surface area contributed by atoms with Crippen LogP contribution < -0.4 is 0 Å². The standard InChI is InChI=1S/C29H51BO2/c1-7-10-13-15-20-29(6,21-16-14-11-8-2)32-27(31)23-25-18-17-22-30-26(25)24-28(4,5)19-12-9-3/h17-18,22H,7-16,19-21,23-24H2,1-6H3. The van der Waals surface area contributed by atoms with E-state index in [-0.39, 0.29) is 17.0 Å². The van der Waals surface area contributed by atoms with E-state index in [1.807, 2.05) is 0 Å². The van der Waals surface area contributed by atoms with E-state index >= 15 is 0 Å². The fourth-order valence-electron chi connectivity index (χ4n) is 4.71. The summed E-state index contributed by atoms with van der Waals surface area (Å²) in [5.74, 6) is 2.04. The van der Waals surface area contributed by atoms with E-state index in [2.05, 4.69) is 66.5 Å². The molecule has 0 saturated heterocycles. The summed E-state index contributed by atoms with van der Waals surface area (Å²) in [6.07, 6.45) is 16.8. The van der Waals surface area contributed by atoms with Crippen molar-refractivity contribution in [3.05, 3.63) is 29.1 Å². The average molecular weight is 443 g/mol. The molecule has 0 radical (unpaired) electrons. The van der Waals surface area contributed by atoms with Gasteiger partial charge in [0.05, 0.1) is 0 Å². The van der Waals surface area contributed by atoms with Crippen LogP contribution in [0.15, 0.2) is 18.1 Å². The molecule has 0 bridgehead atoms. The first-order valence-corrected chi connectivity index (χ1v) is 13.5. The maximum absolute atomic E-state index is 13.1. The molecule has 0 aliphatic rings. The molecule has 182 valence electrons. The molecule has 1 aromatic heterocycles. The van der Waals surface area contributed by atoms with Gasteiger partial charge in [0.25, 0.3) is 0 Å². The average Bonchev–Trinajstić information content (AvgIpc) is 2.74. The topological polar surface area (TPSA) is 26.3 Å². The van der Waals surface area contributed by atoms with Gasteiger partial charge in [-0.3, -0.25) is 0 Å². The van der Waals surface area contributed by atoms with Crippen LogP contribution in [0.3, 0.4) is 0 Å². The van der Waals surface area contributed by atoms with E-state index in [1.54, 1.807) is 0 Å². The summed E-state index contributed by atoms with van der Waals surface area (Å²) in [5.41, 5.74) is 2.37. The first-order chi connectivity index (χ1) is 15.2. The summed E-state index contributed by atoms with van der Waals surface area (Å²) in [5, 5.41) is 0. The molecule has 1 heterocycles. The molecule has 2 nitrogen and oxygen atoms in total. The van der Waals surface area contributed by atoms with E-state index in [0.717, 1.165) is 37.7 Å². The fraction of sp³-hybridized carbons (Fsp3) is 0.793. The van der Waals surface area contributed by atoms with Crippen molar-refractivity contribution >= 4 is 12.9 Å². The number of esters is 1. The second-order valence-corrected chi connectivity index (χ2v) is 10.9. The van der Waals surface area contributed by atoms with Gasteiger partial charge in [0.15, 0.2) is 0 Å². The molecule has 0 amide bonds. The molecule has 0 aliphatic carbocycles. The quantitative estimate of drug-likeness (QED) is 0.168. The second kappa shape index (κ2) is 15.7. The zero-order chi connectivity index (χ0) is 23.9. The molecule has 3 heteroatoms. The number of rotatable bonds is 18. The maximum atomic E-state index is 13.1. The Bertz CT molecular complexity index is 626. The van der Waals surface area contributed by atoms with Crippen LogP contribution in [0.2, 0.25) is 0 Å². The summed E-state index contributed by atoms with van der Waals surface area (Å²) in [6, 6.07) is 4.17. The zero-order valence-electron chi connectivity index (χ0n) is 22.2. The van der Waals surface area contributed by atoms with Gasteiger partial charge >= 0.3 is 200 Å². The Kier molecular flexibility index (Phi) is 14.2. The summed E-state index contributed by atoms with van der Waals surface area (Å²) in [4.78, 5) is 13.1. The zero-order valence-corrected chi connectivity index (χ0v) is 22.2. The predicted molar refractivity (Wildman–Crippen MR) is 141 cm³/mol. The van der Waals surface area contributed by atoms with Gasteiger partial charge in [0.2, 0.25) is 0 Å². The van der Waals surface area contributed by atoms with Gasteiger partial charge in [-0.25, -0.2) is 0 Å². The minimum atomic E-state index is -0.325. The Hall–Kier alpha value is -1.12. The first-order valence-electron chi connectivity index (χ1n) is 13.5. The van der Waals surface area contributed by atoms with Crippen LogP contribution in [0.25, 0.3) is 0 Å². The third-order valence-corrected chi connectivity index (χ3v) is 6.81. The molecule has 0 atom stereocenters. The van der Waals surface area contributed by atoms with Crippen molar-refractivity contribution in [3.8, 4) is 0 Å². The third kappa shape index (κ3) is 12.2. The molecule has 0 fully saturated rings. The van der Waals surface area contributed by atoms with Gasteiger partial charge in [0, 0.05) is 0 Å². The number of carbonyl (C=O) groups is 1. The van der Waals surface area contributed by atoms with Crippen molar-refractivity contribution in [1.29, 1.82) is 0 Å². The van der Waals surface area contributed by atoms with Crippen molar-refractivity contribution in [3.63, 3.8) is 0 Å². The molecule has 0 spiro atoms. The SMILES string of the molecule is CCCCCCC(C)(CCCCCC)OC(=O)Cc1cccbc1CC(C)(C)CCCC. The van der Waals surface area contributed by atoms with Gasteiger partial charge < -0.3 is 0 Å². The van der Waals surface area contributed by atoms with Crippen LogP contribution in [0.4, 0.5) is 0 Å². The molecule has 1 aromatic rings. The summed E-state index contributed by atoms with van der Waals surface area (Å²) < 4.78 is 6.21. The summed E-state index contributed by atoms with van der Waals surface area (Å²) in [7, 11) is 0. The van der Waals surface area contributed by atoms with Crippen molar-refractivity contribution in [2.75, 3.05) is 0 Å². The van der Waals surface area contributed by atoms with Gasteiger partial charge in [-0.05, 0) is 0 Å². The Morgan fingerprint density at radius 2 is 1.44 bits per heavy atom. The molecular formula is C29H51BO2. The normalized spacial score (nSPS) is 12.1. The van der Waals surface area contributed by atoms with E-state index in [1.165, 1.54) is 63.2 Å². The van der Waals surface area contributed by atoms with E-state index in [0.29, 0.717) is 6.42 Å². The van der Waals surface area contributed by atoms with Crippen LogP contribution in [0.5, 0.6) is 0 Å². The van der Waals surface area contributed by atoms with Crippen LogP contribution in [0, 0.1) is 5.41 Å². The van der Waals surface area contributed by atoms with Crippen molar-refractivity contribution in [2.45, 2.75) is 143 Å². The number of hydrogen-bond acceptors (Lipinski definition) is 2. The Morgan fingerprint density at radius 3 is 2.00 bits per heavy atom. The van der Waals surface area contributed by atoms with Crippen molar-refractivity contribution in [2.24, 2.45) is 5.41 Å². The Morgan fingerprint density at radius 1 is 0.844 bits per heavy atom. The van der Waals surface area contributed by atoms with E-state index < -0.39 is 0 Å². The molecule has 32 heavy (non-hydrogen) atoms. The number of ether oxygens (including phenoxy) is 1. The number of hydrogen-bond donors (Lipinski definition) is 0. The first kappa shape index (κ1) is 28.9. The van der Waals surface area contributed by atoms with Crippen LogP contribution in [-0.2, 0) is 22.4 Å². The summed E-state index contributed by atoms with van der Waals surface area (Å²) in [6.45, 7) is 15.8. The van der Waals surface area contributed by atoms with Crippen molar-refractivity contribution < 1.29 is 9.53 Å². The molecule has 0 unspecified atom stereocenters. The van der Waals surface area contributed by atoms with E-state index in [9.17, 15) is 4.79 Å². The van der Waals surface area contributed by atoms with Gasteiger partial charge in [-0.15, -0.1) is 0 Å². The molecule has 0 N–H and O–H groups in total. The second-order valence-electron chi connectivity index (χ2n) is 10.9. The molecule has 0 aliphatic heterocycles. The predicted octanol–water partition coefficient (Wildman–Crippen LogP) is 8.57. The molecule has 1 rings (SSSR count). The minimum absolute atomic E-state index is 0.0581. The molecular weight excluding hydrogens is 391 g/mol. The van der Waals surface area contributed by atoms with Crippen LogP contribution in [-0.4, -0.2) is 18.5 Å². The molecule has 0 saturated carbocycles. The monoisotopic (exact) mass is 442 g/mol. The Labute approximate surface area is 200 Å². The summed E-state index contributed by atoms with van der Waals surface area (Å²) >= 11 is 0. The number of carbonyl (C=O) groups excluding carboxylic acids is 1. The van der Waals surface area contributed by atoms with Gasteiger partial charge in [-0.2, -0.15) is 0 Å². The molecule has 0 aromatic carbocycles. The van der Waals surface area contributed by atoms with Crippen LogP contribution in [0.1, 0.15) is 136 Å². The fourth-order valence-corrected chi connectivity index (χ4v) is 4.71. The van der Waals surface area contributed by atoms with Gasteiger partial charge in [-0.1, -0.05) is 0 Å². The third-order valence-electron chi connectivity index (χ3n) is 6.81. The van der Waals surface area contributed by atoms with E-state index in [4.69, 9.17) is 4.74 Å². The van der Waals surface area contributed by atoms with Crippen molar-refractivity contribution in [1.82, 2.24) is 0 Å². The van der Waals surface area contributed by atoms with Crippen LogP contribution >= 0.6 is 0 Å². The Balaban J connectivity index is 2.79.